The minimum atomic E-state index is -0.651. The first-order valence-corrected chi connectivity index (χ1v) is 44.1. The molecule has 636 valence electrons. The van der Waals surface area contributed by atoms with Crippen LogP contribution in [-0.2, 0) is 25.7 Å². The molecular weight excluding hydrogens is 1570 g/mol. The summed E-state index contributed by atoms with van der Waals surface area (Å²) in [5, 5.41) is 68.8. The van der Waals surface area contributed by atoms with Gasteiger partial charge in [0.2, 0.25) is 0 Å². The molecule has 8 aliphatic rings. The van der Waals surface area contributed by atoms with Crippen molar-refractivity contribution in [3.63, 3.8) is 0 Å². The minimum absolute atomic E-state index is 0.0414. The minimum Gasteiger partial charge on any atom is -0.472 e. The van der Waals surface area contributed by atoms with Gasteiger partial charge in [0.05, 0.1) is 107 Å². The number of hydrogen-bond donors (Lipinski definition) is 4. The van der Waals surface area contributed by atoms with Crippen molar-refractivity contribution in [2.75, 3.05) is 0 Å². The molecule has 4 fully saturated rings. The Bertz CT molecular complexity index is 6470. The van der Waals surface area contributed by atoms with Gasteiger partial charge in [-0.15, -0.1) is 0 Å². The highest BCUT2D eigenvalue weighted by Gasteiger charge is 2.51. The summed E-state index contributed by atoms with van der Waals surface area (Å²) in [6, 6.07) is 61.7. The molecule has 0 saturated heterocycles. The molecule has 0 spiro atoms. The Labute approximate surface area is 725 Å². The topological polar surface area (TPSA) is 165 Å². The van der Waals surface area contributed by atoms with Crippen LogP contribution in [0.5, 0.6) is 0 Å². The number of rotatable bonds is 12. The summed E-state index contributed by atoms with van der Waals surface area (Å²) < 4.78 is 80.0. The van der Waals surface area contributed by atoms with E-state index in [2.05, 4.69) is 133 Å². The molecule has 0 unspecified atom stereocenters. The van der Waals surface area contributed by atoms with Gasteiger partial charge < -0.3 is 24.8 Å². The first kappa shape index (κ1) is 82.7. The molecule has 14 aromatic rings. The van der Waals surface area contributed by atoms with E-state index in [1.165, 1.54) is 99.0 Å². The van der Waals surface area contributed by atoms with Gasteiger partial charge in [0.1, 0.15) is 29.1 Å². The maximum Gasteiger partial charge on any atom is 0.126 e. The van der Waals surface area contributed by atoms with Gasteiger partial charge in [-0.25, -0.2) is 40.7 Å². The maximum atomic E-state index is 13.8. The quantitative estimate of drug-likeness (QED) is 0.0871. The van der Waals surface area contributed by atoms with Crippen LogP contribution in [0.1, 0.15) is 202 Å². The lowest BCUT2D eigenvalue weighted by Gasteiger charge is -2.48. The Balaban J connectivity index is 0.000000109. The Kier molecular flexibility index (Phi) is 22.2. The third-order valence-electron chi connectivity index (χ3n) is 29.5. The van der Waals surface area contributed by atoms with Gasteiger partial charge in [-0.3, -0.25) is 0 Å². The van der Waals surface area contributed by atoms with E-state index in [1.807, 2.05) is 73.8 Å². The molecule has 12 atom stereocenters. The Morgan fingerprint density at radius 3 is 1.06 bits per heavy atom. The highest BCUT2D eigenvalue weighted by atomic mass is 19.1. The number of benzene rings is 9. The van der Waals surface area contributed by atoms with Crippen molar-refractivity contribution in [3.05, 3.63) is 368 Å². The van der Waals surface area contributed by atoms with Gasteiger partial charge in [0, 0.05) is 5.56 Å². The molecule has 4 N–H and O–H groups in total. The smallest absolute Gasteiger partial charge is 0.126 e. The molecule has 5 aromatic heterocycles. The highest BCUT2D eigenvalue weighted by Crippen LogP contribution is 2.60. The summed E-state index contributed by atoms with van der Waals surface area (Å²) in [7, 11) is 0. The van der Waals surface area contributed by atoms with Crippen molar-refractivity contribution >= 4 is 45.8 Å². The van der Waals surface area contributed by atoms with E-state index >= 15 is 0 Å². The van der Waals surface area contributed by atoms with Crippen LogP contribution in [0.3, 0.4) is 0 Å². The summed E-state index contributed by atoms with van der Waals surface area (Å²) in [5.74, 6) is -0.817. The van der Waals surface area contributed by atoms with Crippen molar-refractivity contribution in [3.8, 4) is 22.7 Å². The number of aliphatic hydroxyl groups is 4. The van der Waals surface area contributed by atoms with Gasteiger partial charge in [-0.1, -0.05) is 141 Å². The number of hydrogen-bond acceptors (Lipinski definition) is 9. The molecule has 0 radical (unpaired) electrons. The zero-order chi connectivity index (χ0) is 86.2. The number of nitrogens with zero attached hydrogens (tertiary/aromatic N) is 8. The first-order valence-electron chi connectivity index (χ1n) is 44.1. The Hall–Kier alpha value is -11.9. The number of aromatic nitrogens is 8. The predicted molar refractivity (Wildman–Crippen MR) is 480 cm³/mol. The van der Waals surface area contributed by atoms with Crippen LogP contribution in [0.25, 0.3) is 68.6 Å². The Morgan fingerprint density at radius 2 is 0.688 bits per heavy atom. The zero-order valence-electron chi connectivity index (χ0n) is 71.0. The Morgan fingerprint density at radius 1 is 0.352 bits per heavy atom. The molecule has 13 nitrogen and oxygen atoms in total. The molecule has 8 aliphatic carbocycles. The second-order valence-electron chi connectivity index (χ2n) is 36.8. The van der Waals surface area contributed by atoms with Crippen molar-refractivity contribution in [2.45, 2.75) is 162 Å². The summed E-state index contributed by atoms with van der Waals surface area (Å²) in [5.41, 5.74) is 21.4. The second kappa shape index (κ2) is 33.5. The zero-order valence-corrected chi connectivity index (χ0v) is 71.0. The largest absolute Gasteiger partial charge is 0.472 e. The van der Waals surface area contributed by atoms with Crippen molar-refractivity contribution < 1.29 is 46.8 Å². The van der Waals surface area contributed by atoms with Gasteiger partial charge in [-0.2, -0.15) is 20.4 Å². The lowest BCUT2D eigenvalue weighted by molar-refractivity contribution is 0.0212. The number of fused-ring (bicyclic) bond motifs is 10. The van der Waals surface area contributed by atoms with E-state index in [0.717, 1.165) is 192 Å². The second-order valence-corrected chi connectivity index (χ2v) is 36.8. The van der Waals surface area contributed by atoms with Crippen molar-refractivity contribution in [1.29, 1.82) is 0 Å². The van der Waals surface area contributed by atoms with Gasteiger partial charge >= 0.3 is 0 Å². The molecule has 22 rings (SSSR count). The number of furan rings is 1. The average Bonchev–Trinajstić information content (AvgIpc) is 1.67. The summed E-state index contributed by atoms with van der Waals surface area (Å²) >= 11 is 0. The SMILES string of the molecule is C[C@]12Cc3cnn(-c4ccc(F)cc4)c3C=C1CCC[C@@H]2[C@@H](O)c1ccc2ccccc2c1.C[C@]12Cc3cnn(-c4ccc(F)cc4)c3C=C1CCC[C@@H]2[C@@H](O)c1cccc2ccccc12.C[C@]12Cc3cnn(-c4ccc(F)cc4)c3C=C1CCC[C@@H]2[C@@H](O)c1ccoc1.Cc1cc([C@H](O)[C@H]2CCCC3=Cc4c(cnn4-c4ccc(F)cc4)C[C@@]32C)ccc1F. The fourth-order valence-electron chi connectivity index (χ4n) is 22.6. The van der Waals surface area contributed by atoms with E-state index < -0.39 is 24.4 Å². The molecule has 125 heavy (non-hydrogen) atoms. The van der Waals surface area contributed by atoms with Crippen LogP contribution in [-0.4, -0.2) is 59.5 Å². The van der Waals surface area contributed by atoms with Crippen molar-refractivity contribution in [1.82, 2.24) is 39.1 Å². The summed E-state index contributed by atoms with van der Waals surface area (Å²) in [6.45, 7) is 10.9. The van der Waals surface area contributed by atoms with Gasteiger partial charge in [-0.05, 0) is 361 Å². The van der Waals surface area contributed by atoms with E-state index in [-0.39, 0.29) is 74.4 Å². The van der Waals surface area contributed by atoms with Crippen LogP contribution >= 0.6 is 0 Å². The van der Waals surface area contributed by atoms with E-state index in [1.54, 1.807) is 80.1 Å². The molecule has 18 heteroatoms. The lowest BCUT2D eigenvalue weighted by Crippen LogP contribution is -2.40. The normalized spacial score (nSPS) is 23.6. The molecular formula is C107H103F5N8O5. The molecule has 0 amide bonds. The van der Waals surface area contributed by atoms with Crippen LogP contribution in [0.15, 0.2) is 270 Å². The lowest BCUT2D eigenvalue weighted by atomic mass is 9.57. The molecule has 4 saturated carbocycles. The molecule has 0 aliphatic heterocycles. The van der Waals surface area contributed by atoms with Crippen LogP contribution in [0.2, 0.25) is 0 Å². The monoisotopic (exact) mass is 1670 g/mol. The first-order chi connectivity index (χ1) is 60.5. The van der Waals surface area contributed by atoms with Gasteiger partial charge in [0.25, 0.3) is 0 Å². The standard InChI is InChI=1S/2C29H27FN2O.C26H26F2N2O.C23H23FN2O2/c1-29-17-20-18-31-32(23-14-12-22(30)13-15-23)27(20)16-21(29)8-5-11-26(29)28(33)25-10-4-7-19-6-2-3-9-24(19)25;1-29-17-22-18-31-32(25-13-11-24(30)12-14-25)27(22)16-23(29)7-4-8-26(29)28(33)21-10-9-19-5-2-3-6-20(19)15-21;1-16-12-17(6-11-23(16)28)25(31)22-5-3-4-19-13-24-18(14-26(19,22)2)15-29-30(24)21-9-7-20(27)8-10-21;1-23-12-16-13-25-26(19-7-5-18(24)6-8-19)21(16)11-17(23)3-2-4-20(23)22(27)15-9-10-28-14-15/h2-4,6-7,9-10,12-16,18,26,28,33H,5,8,11,17H2,1H3;2-3,5-6,9-16,18,26,28,33H,4,7-8,17H2,1H3;6-13,15,22,25,31H,3-5,14H2,1-2H3;5-11,13-14,20,22,27H,2-4,12H2,1H3/t2*26-,28+,29+;22-,25+,26+;20-,22+,23+/m1111/s1. The summed E-state index contributed by atoms with van der Waals surface area (Å²) in [6.07, 6.45) is 33.2. The van der Waals surface area contributed by atoms with Crippen molar-refractivity contribution in [2.24, 2.45) is 45.3 Å². The number of halogens is 5. The van der Waals surface area contributed by atoms with E-state index in [4.69, 9.17) is 4.42 Å². The number of aliphatic hydroxyl groups excluding tert-OH is 4. The third-order valence-corrected chi connectivity index (χ3v) is 29.5. The third kappa shape index (κ3) is 15.4. The predicted octanol–water partition coefficient (Wildman–Crippen LogP) is 24.3. The molecule has 0 bridgehead atoms. The molecule has 9 aromatic carbocycles. The van der Waals surface area contributed by atoms with E-state index in [9.17, 15) is 42.4 Å². The fourth-order valence-corrected chi connectivity index (χ4v) is 22.6. The summed E-state index contributed by atoms with van der Waals surface area (Å²) in [4.78, 5) is 0. The number of allylic oxidation sites excluding steroid dienone is 4. The number of aryl methyl sites for hydroxylation is 1. The highest BCUT2D eigenvalue weighted by molar-refractivity contribution is 5.86. The molecule has 5 heterocycles. The van der Waals surface area contributed by atoms with Crippen LogP contribution in [0, 0.1) is 81.3 Å². The van der Waals surface area contributed by atoms with Gasteiger partial charge in [0.15, 0.2) is 0 Å². The average molecular weight is 1680 g/mol. The van der Waals surface area contributed by atoms with Crippen LogP contribution in [0.4, 0.5) is 22.0 Å². The van der Waals surface area contributed by atoms with Crippen LogP contribution < -0.4 is 0 Å². The fraction of sp³-hybridized carbons (Fsp3) is 0.308. The van der Waals surface area contributed by atoms with E-state index in [0.29, 0.717) is 5.56 Å². The maximum absolute atomic E-state index is 13.8.